The van der Waals surface area contributed by atoms with E-state index in [4.69, 9.17) is 0 Å². The molecule has 2 atom stereocenters. The van der Waals surface area contributed by atoms with Crippen molar-refractivity contribution in [3.8, 4) is 0 Å². The van der Waals surface area contributed by atoms with Gasteiger partial charge in [-0.3, -0.25) is 19.7 Å². The van der Waals surface area contributed by atoms with Gasteiger partial charge in [-0.2, -0.15) is 0 Å². The third kappa shape index (κ3) is 3.15. The van der Waals surface area contributed by atoms with Gasteiger partial charge in [0.05, 0.1) is 0 Å². The molecule has 1 heterocycles. The Labute approximate surface area is 99.6 Å². The third-order valence-corrected chi connectivity index (χ3v) is 3.13. The summed E-state index contributed by atoms with van der Waals surface area (Å²) in [5, 5.41) is 4.90. The first kappa shape index (κ1) is 11.8. The zero-order valence-corrected chi connectivity index (χ0v) is 9.57. The van der Waals surface area contributed by atoms with Crippen molar-refractivity contribution in [1.29, 1.82) is 0 Å². The van der Waals surface area contributed by atoms with E-state index in [0.29, 0.717) is 25.2 Å². The fourth-order valence-corrected chi connectivity index (χ4v) is 2.19. The molecule has 0 spiro atoms. The molecule has 2 unspecified atom stereocenters. The molecule has 1 aliphatic heterocycles. The molecule has 2 N–H and O–H groups in total. The number of piperidine rings is 1. The first-order valence-electron chi connectivity index (χ1n) is 5.95. The van der Waals surface area contributed by atoms with E-state index in [1.54, 1.807) is 0 Å². The van der Waals surface area contributed by atoms with E-state index in [0.717, 1.165) is 12.8 Å². The van der Waals surface area contributed by atoms with Crippen LogP contribution < -0.4 is 10.6 Å². The van der Waals surface area contributed by atoms with Gasteiger partial charge >= 0.3 is 0 Å². The summed E-state index contributed by atoms with van der Waals surface area (Å²) in [5.41, 5.74) is 0. The summed E-state index contributed by atoms with van der Waals surface area (Å²) < 4.78 is 0. The standard InChI is InChI=1S/C12H16N2O3/c15-10-6-5-9(12(17)14-10)13-11(16)7-8-3-1-2-4-8/h1,3,8-9H,2,4-7H2,(H,13,16)(H,14,15,17). The summed E-state index contributed by atoms with van der Waals surface area (Å²) in [6.45, 7) is 0. The number of nitrogens with one attached hydrogen (secondary N) is 2. The van der Waals surface area contributed by atoms with E-state index in [2.05, 4.69) is 16.7 Å². The molecule has 5 heteroatoms. The minimum Gasteiger partial charge on any atom is -0.344 e. The zero-order valence-electron chi connectivity index (χ0n) is 9.57. The molecule has 0 saturated carbocycles. The molecule has 0 aromatic rings. The lowest BCUT2D eigenvalue weighted by Crippen LogP contribution is -2.52. The van der Waals surface area contributed by atoms with Crippen LogP contribution in [0.1, 0.15) is 32.1 Å². The second-order valence-electron chi connectivity index (χ2n) is 4.54. The highest BCUT2D eigenvalue weighted by Crippen LogP contribution is 2.20. The Balaban J connectivity index is 1.79. The lowest BCUT2D eigenvalue weighted by molar-refractivity contribution is -0.137. The SMILES string of the molecule is O=C1CCC(NC(=O)CC2C=CCC2)C(=O)N1. The molecule has 0 radical (unpaired) electrons. The topological polar surface area (TPSA) is 75.3 Å². The highest BCUT2D eigenvalue weighted by molar-refractivity contribution is 6.01. The van der Waals surface area contributed by atoms with E-state index in [1.165, 1.54) is 0 Å². The fourth-order valence-electron chi connectivity index (χ4n) is 2.19. The number of carbonyl (C=O) groups is 3. The van der Waals surface area contributed by atoms with E-state index in [-0.39, 0.29) is 11.8 Å². The van der Waals surface area contributed by atoms with Crippen molar-refractivity contribution in [3.05, 3.63) is 12.2 Å². The second-order valence-corrected chi connectivity index (χ2v) is 4.54. The molecule has 1 saturated heterocycles. The highest BCUT2D eigenvalue weighted by Gasteiger charge is 2.28. The number of imide groups is 1. The first-order valence-corrected chi connectivity index (χ1v) is 5.95. The fraction of sp³-hybridized carbons (Fsp3) is 0.583. The van der Waals surface area contributed by atoms with Gasteiger partial charge in [-0.05, 0) is 25.2 Å². The monoisotopic (exact) mass is 236 g/mol. The first-order chi connectivity index (χ1) is 8.15. The van der Waals surface area contributed by atoms with Crippen molar-refractivity contribution in [3.63, 3.8) is 0 Å². The predicted molar refractivity (Wildman–Crippen MR) is 60.8 cm³/mol. The Morgan fingerprint density at radius 1 is 1.41 bits per heavy atom. The van der Waals surface area contributed by atoms with Crippen LogP contribution in [-0.2, 0) is 14.4 Å². The number of allylic oxidation sites excluding steroid dienone is 2. The van der Waals surface area contributed by atoms with Crippen molar-refractivity contribution in [2.75, 3.05) is 0 Å². The second kappa shape index (κ2) is 5.12. The third-order valence-electron chi connectivity index (χ3n) is 3.13. The molecule has 17 heavy (non-hydrogen) atoms. The van der Waals surface area contributed by atoms with Crippen molar-refractivity contribution in [2.24, 2.45) is 5.92 Å². The Hall–Kier alpha value is -1.65. The van der Waals surface area contributed by atoms with Crippen LogP contribution >= 0.6 is 0 Å². The van der Waals surface area contributed by atoms with Crippen molar-refractivity contribution in [1.82, 2.24) is 10.6 Å². The van der Waals surface area contributed by atoms with Crippen molar-refractivity contribution in [2.45, 2.75) is 38.1 Å². The van der Waals surface area contributed by atoms with Crippen molar-refractivity contribution >= 4 is 17.7 Å². The molecule has 0 aromatic carbocycles. The largest absolute Gasteiger partial charge is 0.344 e. The van der Waals surface area contributed by atoms with Gasteiger partial charge in [-0.15, -0.1) is 0 Å². The summed E-state index contributed by atoms with van der Waals surface area (Å²) in [6, 6.07) is -0.550. The van der Waals surface area contributed by atoms with Crippen molar-refractivity contribution < 1.29 is 14.4 Å². The summed E-state index contributed by atoms with van der Waals surface area (Å²) in [6.07, 6.45) is 7.26. The lowest BCUT2D eigenvalue weighted by Gasteiger charge is -2.22. The van der Waals surface area contributed by atoms with Crippen LogP contribution in [0.4, 0.5) is 0 Å². The van der Waals surface area contributed by atoms with E-state index < -0.39 is 11.9 Å². The van der Waals surface area contributed by atoms with Gasteiger partial charge < -0.3 is 5.32 Å². The quantitative estimate of drug-likeness (QED) is 0.545. The molecule has 3 amide bonds. The highest BCUT2D eigenvalue weighted by atomic mass is 16.2. The van der Waals surface area contributed by atoms with E-state index in [1.807, 2.05) is 6.08 Å². The molecule has 5 nitrogen and oxygen atoms in total. The number of hydrogen-bond acceptors (Lipinski definition) is 3. The van der Waals surface area contributed by atoms with Gasteiger partial charge in [0.25, 0.3) is 0 Å². The molecular weight excluding hydrogens is 220 g/mol. The Bertz CT molecular complexity index is 376. The summed E-state index contributed by atoms with van der Waals surface area (Å²) in [5.74, 6) is -0.477. The molecule has 0 aromatic heterocycles. The minimum absolute atomic E-state index is 0.115. The van der Waals surface area contributed by atoms with Crippen LogP contribution in [0.3, 0.4) is 0 Å². The minimum atomic E-state index is -0.550. The number of hydrogen-bond donors (Lipinski definition) is 2. The maximum Gasteiger partial charge on any atom is 0.249 e. The Morgan fingerprint density at radius 3 is 2.88 bits per heavy atom. The van der Waals surface area contributed by atoms with Crippen LogP contribution in [0, 0.1) is 5.92 Å². The smallest absolute Gasteiger partial charge is 0.249 e. The average molecular weight is 236 g/mol. The molecule has 2 aliphatic rings. The summed E-state index contributed by atoms with van der Waals surface area (Å²) >= 11 is 0. The maximum atomic E-state index is 11.7. The van der Waals surface area contributed by atoms with E-state index >= 15 is 0 Å². The van der Waals surface area contributed by atoms with Gasteiger partial charge in [0.1, 0.15) is 6.04 Å². The Kier molecular flexibility index (Phi) is 3.56. The summed E-state index contributed by atoms with van der Waals surface area (Å²) in [4.78, 5) is 34.0. The molecule has 92 valence electrons. The van der Waals surface area contributed by atoms with Crippen LogP contribution in [-0.4, -0.2) is 23.8 Å². The number of amides is 3. The molecule has 1 aliphatic carbocycles. The number of carbonyl (C=O) groups excluding carboxylic acids is 3. The maximum absolute atomic E-state index is 11.7. The number of rotatable bonds is 3. The van der Waals surface area contributed by atoms with Gasteiger partial charge in [-0.1, -0.05) is 12.2 Å². The molecule has 1 fully saturated rings. The zero-order chi connectivity index (χ0) is 12.3. The molecule has 0 bridgehead atoms. The van der Waals surface area contributed by atoms with Gasteiger partial charge in [-0.25, -0.2) is 0 Å². The summed E-state index contributed by atoms with van der Waals surface area (Å²) in [7, 11) is 0. The van der Waals surface area contributed by atoms with Crippen LogP contribution in [0.25, 0.3) is 0 Å². The van der Waals surface area contributed by atoms with Gasteiger partial charge in [0.15, 0.2) is 0 Å². The average Bonchev–Trinajstić information content (AvgIpc) is 2.75. The normalized spacial score (nSPS) is 28.0. The Morgan fingerprint density at radius 2 is 2.24 bits per heavy atom. The van der Waals surface area contributed by atoms with Crippen LogP contribution in [0.2, 0.25) is 0 Å². The van der Waals surface area contributed by atoms with Gasteiger partial charge in [0.2, 0.25) is 17.7 Å². The lowest BCUT2D eigenvalue weighted by atomic mass is 10.0. The molecular formula is C12H16N2O3. The molecule has 2 rings (SSSR count). The van der Waals surface area contributed by atoms with E-state index in [9.17, 15) is 14.4 Å². The van der Waals surface area contributed by atoms with Crippen LogP contribution in [0.5, 0.6) is 0 Å². The predicted octanol–water partition coefficient (Wildman–Crippen LogP) is 0.264. The van der Waals surface area contributed by atoms with Gasteiger partial charge in [0, 0.05) is 12.8 Å². The van der Waals surface area contributed by atoms with Crippen LogP contribution in [0.15, 0.2) is 12.2 Å².